The van der Waals surface area contributed by atoms with Crippen molar-refractivity contribution < 1.29 is 15.1 Å². The minimum atomic E-state index is -1.00. The van der Waals surface area contributed by atoms with E-state index in [9.17, 15) is 4.39 Å². The molecule has 0 amide bonds. The largest absolute Gasteiger partial charge is 0.494 e. The Labute approximate surface area is 534 Å². The molecule has 13 rings (SSSR count). The zero-order chi connectivity index (χ0) is 56.3. The van der Waals surface area contributed by atoms with E-state index in [1.54, 1.807) is 92.4 Å². The lowest BCUT2D eigenvalue weighted by molar-refractivity contribution is 0.00578. The van der Waals surface area contributed by atoms with Crippen LogP contribution in [-0.4, -0.2) is 96.3 Å². The molecule has 1 saturated heterocycles. The van der Waals surface area contributed by atoms with Gasteiger partial charge >= 0.3 is 7.12 Å². The van der Waals surface area contributed by atoms with Crippen molar-refractivity contribution in [2.45, 2.75) is 75.5 Å². The van der Waals surface area contributed by atoms with Crippen molar-refractivity contribution >= 4 is 203 Å². The van der Waals surface area contributed by atoms with E-state index in [1.165, 1.54) is 57.0 Å². The van der Waals surface area contributed by atoms with Crippen LogP contribution in [0.15, 0.2) is 118 Å². The molecule has 0 bridgehead atoms. The van der Waals surface area contributed by atoms with Gasteiger partial charge in [-0.3, -0.25) is 4.39 Å². The van der Waals surface area contributed by atoms with Crippen LogP contribution < -0.4 is 5.46 Å². The summed E-state index contributed by atoms with van der Waals surface area (Å²) in [6, 6.07) is 25.9. The van der Waals surface area contributed by atoms with Crippen LogP contribution in [0.2, 0.25) is 0 Å². The van der Waals surface area contributed by atoms with Crippen molar-refractivity contribution in [2.75, 3.05) is 32.2 Å². The summed E-state index contributed by atoms with van der Waals surface area (Å²) in [5, 5.41) is 36.8. The highest BCUT2D eigenvalue weighted by atomic mass is 127. The average molecular weight is 1510 g/mol. The monoisotopic (exact) mass is 1510 g/mol. The lowest BCUT2D eigenvalue weighted by atomic mass is 9.78. The molecule has 4 aromatic carbocycles. The van der Waals surface area contributed by atoms with Crippen molar-refractivity contribution in [3.63, 3.8) is 0 Å². The predicted octanol–water partition coefficient (Wildman–Crippen LogP) is 17.0. The Morgan fingerprint density at radius 1 is 0.620 bits per heavy atom. The molecule has 79 heavy (non-hydrogen) atoms. The molecule has 1 aliphatic heterocycles. The molecule has 0 saturated carbocycles. The third kappa shape index (κ3) is 16.3. The highest BCUT2D eigenvalue weighted by molar-refractivity contribution is 14.1. The SMILES string of the molecule is CC1(C)OB(c2ccc3c(c2)C=CC3)OC1(C)C.CSc1nnc(-c2ccc3[nH]cc(I)c3c2)s1.CSc1nnc(-c2ccc3c(c2)C(I)=CC3)s1.CSc1nnc(-c2ccc3c(c2)C=CC3)s1.CSc1nnc(Br)s1.P.[2H]CF. The second-order valence-electron chi connectivity index (χ2n) is 18.0. The number of hydrogen-bond donors (Lipinski definition) is 1. The number of allylic oxidation sites excluding steroid dienone is 3. The van der Waals surface area contributed by atoms with Gasteiger partial charge in [0.1, 0.15) is 15.0 Å². The van der Waals surface area contributed by atoms with Gasteiger partial charge in [-0.05, 0) is 202 Å². The van der Waals surface area contributed by atoms with Gasteiger partial charge in [-0.25, -0.2) is 0 Å². The fourth-order valence-corrected chi connectivity index (χ4v) is 14.9. The Morgan fingerprint density at radius 3 is 1.59 bits per heavy atom. The van der Waals surface area contributed by atoms with Gasteiger partial charge in [-0.15, -0.1) is 40.8 Å². The molecule has 6 heterocycles. The second kappa shape index (κ2) is 29.9. The van der Waals surface area contributed by atoms with E-state index < -0.39 is 7.15 Å². The number of nitrogens with zero attached hydrogens (tertiary/aromatic N) is 8. The molecular weight excluding hydrogens is 1460 g/mol. The first-order chi connectivity index (χ1) is 38.0. The van der Waals surface area contributed by atoms with Gasteiger partial charge in [-0.2, -0.15) is 9.90 Å². The summed E-state index contributed by atoms with van der Waals surface area (Å²) in [6.07, 6.45) is 24.2. The topological polar surface area (TPSA) is 137 Å². The van der Waals surface area contributed by atoms with E-state index in [4.69, 9.17) is 10.7 Å². The van der Waals surface area contributed by atoms with Crippen molar-refractivity contribution in [1.82, 2.24) is 45.8 Å². The maximum absolute atomic E-state index is 9.96. The Morgan fingerprint density at radius 2 is 1.09 bits per heavy atom. The number of aromatic amines is 1. The van der Waals surface area contributed by atoms with E-state index in [1.807, 2.05) is 31.2 Å². The fraction of sp³-hybridized carbons (Fsp3) is 0.259. The van der Waals surface area contributed by atoms with Gasteiger partial charge in [-0.1, -0.05) is 165 Å². The first kappa shape index (κ1) is 62.6. The molecule has 1 fully saturated rings. The summed E-state index contributed by atoms with van der Waals surface area (Å²) in [5.41, 5.74) is 13.4. The third-order valence-corrected chi connectivity index (χ3v) is 22.7. The fourth-order valence-electron chi connectivity index (χ4n) is 7.92. The van der Waals surface area contributed by atoms with Crippen LogP contribution in [0, 0.1) is 3.57 Å². The zero-order valence-electron chi connectivity index (χ0n) is 45.2. The maximum Gasteiger partial charge on any atom is 0.494 e. The van der Waals surface area contributed by atoms with Crippen LogP contribution >= 0.6 is 163 Å². The first-order valence-electron chi connectivity index (χ1n) is 24.5. The van der Waals surface area contributed by atoms with Crippen LogP contribution in [0.25, 0.3) is 58.3 Å². The van der Waals surface area contributed by atoms with Gasteiger partial charge in [0.05, 0.1) is 19.7 Å². The highest BCUT2D eigenvalue weighted by Gasteiger charge is 2.51. The van der Waals surface area contributed by atoms with Crippen LogP contribution in [0.3, 0.4) is 0 Å². The summed E-state index contributed by atoms with van der Waals surface area (Å²) in [5.74, 6) is 0. The van der Waals surface area contributed by atoms with Crippen molar-refractivity contribution in [3.05, 3.63) is 138 Å². The van der Waals surface area contributed by atoms with E-state index in [-0.39, 0.29) is 28.2 Å². The van der Waals surface area contributed by atoms with Gasteiger partial charge < -0.3 is 14.3 Å². The molecule has 0 spiro atoms. The van der Waals surface area contributed by atoms with Crippen molar-refractivity contribution in [1.29, 1.82) is 0 Å². The minimum absolute atomic E-state index is 0. The third-order valence-electron chi connectivity index (χ3n) is 12.7. The zero-order valence-corrected chi connectivity index (χ0v) is 58.0. The number of alkyl halides is 1. The lowest BCUT2D eigenvalue weighted by Crippen LogP contribution is -2.41. The molecule has 9 aromatic rings. The number of fused-ring (bicyclic) bond motifs is 4. The Hall–Kier alpha value is -2.44. The number of aromatic nitrogens is 9. The number of thioether (sulfide) groups is 4. The second-order valence-corrected chi connectivity index (χ2v) is 29.7. The van der Waals surface area contributed by atoms with E-state index >= 15 is 0 Å². The summed E-state index contributed by atoms with van der Waals surface area (Å²) >= 11 is 20.9. The minimum Gasteiger partial charge on any atom is -0.399 e. The van der Waals surface area contributed by atoms with Crippen molar-refractivity contribution in [3.8, 4) is 31.7 Å². The van der Waals surface area contributed by atoms with Crippen LogP contribution in [0.5, 0.6) is 0 Å². The number of rotatable bonds is 8. The molecule has 1 N–H and O–H groups in total. The number of halogens is 4. The molecule has 1 atom stereocenters. The van der Waals surface area contributed by atoms with E-state index in [2.05, 4.69) is 238 Å². The molecular formula is C54H55BBrFI2N9O2PS8. The Kier molecular flexibility index (Phi) is 23.7. The number of nitrogens with one attached hydrogen (secondary N) is 1. The van der Waals surface area contributed by atoms with Crippen molar-refractivity contribution in [2.24, 2.45) is 0 Å². The smallest absolute Gasteiger partial charge is 0.399 e. The Balaban J connectivity index is 0.000000144. The highest BCUT2D eigenvalue weighted by Crippen LogP contribution is 2.39. The number of H-pyrrole nitrogens is 1. The normalized spacial score (nSPS) is 14.6. The van der Waals surface area contributed by atoms with Gasteiger partial charge in [0, 0.05) is 40.9 Å². The standard InChI is InChI=1S/C15H19BO2.C12H9IN2S2.C12H10N2S2.C11H8IN3S2.C3H3BrN2S2.CH3F.H3P/c1-14(2)15(3,4)18-16(17-14)13-9-8-11-6-5-7-12(11)10-13;1-16-12-15-14-11(17-12)8-3-2-7-4-5-10(13)9(7)6-8;1-15-12-14-13-11(16-12)10-6-5-8-3-2-4-9(8)7-10;1-16-11-15-14-10(17-11)6-2-3-9-7(4-6)8(12)5-13-9;1-7-3-6-5-2(4)8-3;1-2;/h5,7-10H,6H2,1-4H3;2-3,5-6H,4H2,1H3;2,4-7H,3H2,1H3;2-5,13H,1H3;1H3;1H3;1H3/i;;;;;1D;. The van der Waals surface area contributed by atoms with Gasteiger partial charge in [0.15, 0.2) is 21.3 Å². The van der Waals surface area contributed by atoms with Crippen LogP contribution in [-0.2, 0) is 28.6 Å². The number of benzene rings is 4. The Bertz CT molecular complexity index is 3620. The summed E-state index contributed by atoms with van der Waals surface area (Å²) in [6.45, 7) is 8.33. The quantitative estimate of drug-likeness (QED) is 0.0668. The summed E-state index contributed by atoms with van der Waals surface area (Å²) in [7, 11) is -1.26. The molecule has 5 aromatic heterocycles. The van der Waals surface area contributed by atoms with E-state index in [0.29, 0.717) is 0 Å². The molecule has 1 unspecified atom stereocenters. The number of hydrogen-bond acceptors (Lipinski definition) is 18. The van der Waals surface area contributed by atoms with Gasteiger partial charge in [0.2, 0.25) is 0 Å². The summed E-state index contributed by atoms with van der Waals surface area (Å²) < 4.78 is 35.1. The molecule has 25 heteroatoms. The summed E-state index contributed by atoms with van der Waals surface area (Å²) in [4.78, 5) is 3.24. The molecule has 4 aliphatic rings. The molecule has 11 nitrogen and oxygen atoms in total. The van der Waals surface area contributed by atoms with Crippen LogP contribution in [0.4, 0.5) is 4.39 Å². The van der Waals surface area contributed by atoms with Crippen LogP contribution in [0.1, 0.15) is 62.4 Å². The first-order valence-corrected chi connectivity index (χ1v) is 34.9. The molecule has 3 aliphatic carbocycles. The average Bonchev–Trinajstić information content (AvgIpc) is 4.34. The molecule has 412 valence electrons. The van der Waals surface area contributed by atoms with Gasteiger partial charge in [0.25, 0.3) is 0 Å². The van der Waals surface area contributed by atoms with E-state index in [0.717, 1.165) is 72.1 Å². The lowest BCUT2D eigenvalue weighted by Gasteiger charge is -2.32. The predicted molar refractivity (Wildman–Crippen MR) is 367 cm³/mol. The molecule has 0 radical (unpaired) electrons. The maximum atomic E-state index is 9.96.